The first-order chi connectivity index (χ1) is 13.3. The highest BCUT2D eigenvalue weighted by atomic mass is 16.6. The highest BCUT2D eigenvalue weighted by Gasteiger charge is 2.48. The van der Waals surface area contributed by atoms with E-state index in [1.165, 1.54) is 78.1 Å². The van der Waals surface area contributed by atoms with E-state index in [1.807, 2.05) is 0 Å². The van der Waals surface area contributed by atoms with Gasteiger partial charge in [0.25, 0.3) is 0 Å². The van der Waals surface area contributed by atoms with Crippen molar-refractivity contribution in [1.29, 1.82) is 0 Å². The molecule has 6 heteroatoms. The molecule has 0 aromatic heterocycles. The minimum atomic E-state index is -1.35. The molecule has 0 aliphatic carbocycles. The van der Waals surface area contributed by atoms with Crippen molar-refractivity contribution < 1.29 is 25.2 Å². The van der Waals surface area contributed by atoms with Crippen LogP contribution < -0.4 is 5.32 Å². The lowest BCUT2D eigenvalue weighted by molar-refractivity contribution is -0.281. The van der Waals surface area contributed by atoms with Gasteiger partial charge in [-0.1, -0.05) is 77.6 Å². The zero-order chi connectivity index (χ0) is 21.0. The molecule has 1 heterocycles. The molecule has 1 rings (SSSR count). The van der Waals surface area contributed by atoms with E-state index in [-0.39, 0.29) is 0 Å². The van der Waals surface area contributed by atoms with Crippen molar-refractivity contribution >= 4 is 0 Å². The Kier molecular flexibility index (Phi) is 12.8. The first-order valence-electron chi connectivity index (χ1n) is 11.4. The van der Waals surface area contributed by atoms with Crippen LogP contribution in [0.4, 0.5) is 0 Å². The quantitative estimate of drug-likeness (QED) is 0.270. The topological polar surface area (TPSA) is 102 Å². The lowest BCUT2D eigenvalue weighted by atomic mass is 9.88. The van der Waals surface area contributed by atoms with Crippen molar-refractivity contribution in [3.8, 4) is 0 Å². The maximum absolute atomic E-state index is 10.3. The normalized spacial score (nSPS) is 28.6. The smallest absolute Gasteiger partial charge is 0.173 e. The van der Waals surface area contributed by atoms with Crippen molar-refractivity contribution in [3.05, 3.63) is 0 Å². The second-order valence-electron chi connectivity index (χ2n) is 8.95. The van der Waals surface area contributed by atoms with Gasteiger partial charge in [-0.05, 0) is 26.8 Å². The summed E-state index contributed by atoms with van der Waals surface area (Å²) < 4.78 is 5.34. The Hall–Kier alpha value is -0.240. The minimum Gasteiger partial charge on any atom is -0.388 e. The van der Waals surface area contributed by atoms with Crippen molar-refractivity contribution in [2.45, 2.75) is 134 Å². The summed E-state index contributed by atoms with van der Waals surface area (Å²) in [5.74, 6) is 0. The molecule has 5 N–H and O–H groups in total. The Labute approximate surface area is 171 Å². The summed E-state index contributed by atoms with van der Waals surface area (Å²) in [6, 6.07) is -0.749. The van der Waals surface area contributed by atoms with Crippen molar-refractivity contribution in [2.75, 3.05) is 6.54 Å². The van der Waals surface area contributed by atoms with Crippen LogP contribution >= 0.6 is 0 Å². The number of ether oxygens (including phenoxy) is 1. The average molecular weight is 404 g/mol. The van der Waals surface area contributed by atoms with Gasteiger partial charge in [-0.3, -0.25) is 0 Å². The molecule has 1 aliphatic heterocycles. The number of hydrogen-bond donors (Lipinski definition) is 5. The van der Waals surface area contributed by atoms with Crippen LogP contribution in [0.5, 0.6) is 0 Å². The molecule has 0 aromatic rings. The monoisotopic (exact) mass is 403 g/mol. The molecule has 168 valence electrons. The SMILES string of the molecule is CCCCCCCCCCCCCCN[C@@H]1C(O)O[C@H](C(C)(C)O)[C@@H](O)[C@@H]1O. The van der Waals surface area contributed by atoms with Gasteiger partial charge in [-0.2, -0.15) is 0 Å². The van der Waals surface area contributed by atoms with Crippen LogP contribution in [0.2, 0.25) is 0 Å². The van der Waals surface area contributed by atoms with Crippen LogP contribution in [0.1, 0.15) is 97.8 Å². The Morgan fingerprint density at radius 1 is 0.750 bits per heavy atom. The largest absolute Gasteiger partial charge is 0.388 e. The van der Waals surface area contributed by atoms with Gasteiger partial charge in [0.2, 0.25) is 0 Å². The maximum Gasteiger partial charge on any atom is 0.173 e. The average Bonchev–Trinajstić information content (AvgIpc) is 2.63. The van der Waals surface area contributed by atoms with Crippen LogP contribution in [-0.4, -0.2) is 63.2 Å². The first kappa shape index (κ1) is 25.8. The first-order valence-corrected chi connectivity index (χ1v) is 11.4. The summed E-state index contributed by atoms with van der Waals surface area (Å²) in [5, 5.41) is 43.7. The number of rotatable bonds is 15. The Bertz CT molecular complexity index is 388. The molecular formula is C22H45NO5. The van der Waals surface area contributed by atoms with Gasteiger partial charge in [-0.25, -0.2) is 0 Å². The molecule has 1 unspecified atom stereocenters. The molecule has 0 spiro atoms. The highest BCUT2D eigenvalue weighted by Crippen LogP contribution is 2.27. The molecule has 1 saturated heterocycles. The van der Waals surface area contributed by atoms with E-state index >= 15 is 0 Å². The predicted octanol–water partition coefficient (Wildman–Crippen LogP) is 2.86. The zero-order valence-electron chi connectivity index (χ0n) is 18.3. The Morgan fingerprint density at radius 2 is 1.21 bits per heavy atom. The summed E-state index contributed by atoms with van der Waals surface area (Å²) >= 11 is 0. The molecule has 0 saturated carbocycles. The molecule has 0 bridgehead atoms. The lowest BCUT2D eigenvalue weighted by Gasteiger charge is -2.45. The fraction of sp³-hybridized carbons (Fsp3) is 1.00. The number of unbranched alkanes of at least 4 members (excludes halogenated alkanes) is 11. The molecule has 0 radical (unpaired) electrons. The Morgan fingerprint density at radius 3 is 1.68 bits per heavy atom. The van der Waals surface area contributed by atoms with Crippen LogP contribution in [0.15, 0.2) is 0 Å². The van der Waals surface area contributed by atoms with E-state index < -0.39 is 36.2 Å². The van der Waals surface area contributed by atoms with Crippen molar-refractivity contribution in [2.24, 2.45) is 0 Å². The van der Waals surface area contributed by atoms with E-state index in [4.69, 9.17) is 4.74 Å². The van der Waals surface area contributed by atoms with Crippen LogP contribution in [0.3, 0.4) is 0 Å². The van der Waals surface area contributed by atoms with Gasteiger partial charge >= 0.3 is 0 Å². The highest BCUT2D eigenvalue weighted by molar-refractivity contribution is 4.98. The predicted molar refractivity (Wildman–Crippen MR) is 112 cm³/mol. The summed E-state index contributed by atoms with van der Waals surface area (Å²) in [6.07, 6.45) is 10.6. The van der Waals surface area contributed by atoms with E-state index in [0.717, 1.165) is 12.8 Å². The summed E-state index contributed by atoms with van der Waals surface area (Å²) in [5.41, 5.74) is -1.35. The zero-order valence-corrected chi connectivity index (χ0v) is 18.3. The summed E-state index contributed by atoms with van der Waals surface area (Å²) in [7, 11) is 0. The number of aliphatic hydroxyl groups excluding tert-OH is 3. The fourth-order valence-electron chi connectivity index (χ4n) is 3.92. The molecule has 1 fully saturated rings. The van der Waals surface area contributed by atoms with Crippen LogP contribution in [0, 0.1) is 0 Å². The van der Waals surface area contributed by atoms with E-state index in [1.54, 1.807) is 0 Å². The van der Waals surface area contributed by atoms with Gasteiger partial charge in [0.1, 0.15) is 18.3 Å². The second kappa shape index (κ2) is 13.9. The van der Waals surface area contributed by atoms with E-state index in [2.05, 4.69) is 12.2 Å². The number of nitrogens with one attached hydrogen (secondary N) is 1. The molecule has 0 aromatic carbocycles. The number of aliphatic hydroxyl groups is 4. The van der Waals surface area contributed by atoms with Gasteiger partial charge in [0.15, 0.2) is 6.29 Å². The third kappa shape index (κ3) is 9.51. The molecule has 1 aliphatic rings. The minimum absolute atomic E-state index is 0.652. The molecule has 28 heavy (non-hydrogen) atoms. The molecule has 0 amide bonds. The van der Waals surface area contributed by atoms with E-state index in [9.17, 15) is 20.4 Å². The second-order valence-corrected chi connectivity index (χ2v) is 8.95. The fourth-order valence-corrected chi connectivity index (χ4v) is 3.92. The number of hydrogen-bond acceptors (Lipinski definition) is 6. The molecule has 6 nitrogen and oxygen atoms in total. The van der Waals surface area contributed by atoms with Gasteiger partial charge in [-0.15, -0.1) is 0 Å². The van der Waals surface area contributed by atoms with Gasteiger partial charge in [0.05, 0.1) is 11.6 Å². The van der Waals surface area contributed by atoms with E-state index in [0.29, 0.717) is 6.54 Å². The van der Waals surface area contributed by atoms with Crippen molar-refractivity contribution in [1.82, 2.24) is 5.32 Å². The van der Waals surface area contributed by atoms with Crippen LogP contribution in [-0.2, 0) is 4.74 Å². The third-order valence-corrected chi connectivity index (χ3v) is 5.73. The standard InChI is InChI=1S/C22H45NO5/c1-4-5-6-7-8-9-10-11-12-13-14-15-16-23-17-18(24)19(25)20(22(2,3)27)28-21(17)26/h17-21,23-27H,4-16H2,1-3H3/t17-,18+,19-,20-,21?/m0/s1. The Balaban J connectivity index is 2.06. The van der Waals surface area contributed by atoms with Crippen LogP contribution in [0.25, 0.3) is 0 Å². The summed E-state index contributed by atoms with van der Waals surface area (Å²) in [4.78, 5) is 0. The lowest BCUT2D eigenvalue weighted by Crippen LogP contribution is -2.66. The molecular weight excluding hydrogens is 358 g/mol. The maximum atomic E-state index is 10.3. The molecule has 5 atom stereocenters. The third-order valence-electron chi connectivity index (χ3n) is 5.73. The van der Waals surface area contributed by atoms with Gasteiger partial charge < -0.3 is 30.5 Å². The van der Waals surface area contributed by atoms with Crippen molar-refractivity contribution in [3.63, 3.8) is 0 Å². The van der Waals surface area contributed by atoms with Gasteiger partial charge in [0, 0.05) is 0 Å². The summed E-state index contributed by atoms with van der Waals surface area (Å²) in [6.45, 7) is 5.87.